The van der Waals surface area contributed by atoms with Gasteiger partial charge in [-0.1, -0.05) is 26.0 Å². The van der Waals surface area contributed by atoms with Gasteiger partial charge in [0.2, 0.25) is 5.91 Å². The van der Waals surface area contributed by atoms with Crippen molar-refractivity contribution in [3.8, 4) is 5.75 Å². The lowest BCUT2D eigenvalue weighted by Crippen LogP contribution is -2.35. The van der Waals surface area contributed by atoms with Crippen LogP contribution in [0, 0.1) is 5.92 Å². The number of hydrogen-bond acceptors (Lipinski definition) is 3. The number of carbonyl (C=O) groups is 1. The molecule has 118 valence electrons. The van der Waals surface area contributed by atoms with Crippen molar-refractivity contribution >= 4 is 5.91 Å². The van der Waals surface area contributed by atoms with Gasteiger partial charge in [0.1, 0.15) is 5.75 Å². The lowest BCUT2D eigenvalue weighted by atomic mass is 10.0. The largest absolute Gasteiger partial charge is 0.435 e. The summed E-state index contributed by atoms with van der Waals surface area (Å²) >= 11 is 0. The molecule has 0 heterocycles. The van der Waals surface area contributed by atoms with E-state index in [1.807, 2.05) is 13.8 Å². The van der Waals surface area contributed by atoms with Crippen molar-refractivity contribution in [1.82, 2.24) is 5.32 Å². The van der Waals surface area contributed by atoms with E-state index in [4.69, 9.17) is 5.73 Å². The number of alkyl halides is 2. The van der Waals surface area contributed by atoms with E-state index in [2.05, 4.69) is 10.1 Å². The molecule has 2 unspecified atom stereocenters. The zero-order chi connectivity index (χ0) is 16.0. The van der Waals surface area contributed by atoms with Gasteiger partial charge >= 0.3 is 6.61 Å². The van der Waals surface area contributed by atoms with E-state index in [1.165, 1.54) is 12.1 Å². The number of hydrogen-bond donors (Lipinski definition) is 2. The van der Waals surface area contributed by atoms with Gasteiger partial charge in [0.15, 0.2) is 0 Å². The molecule has 0 radical (unpaired) electrons. The van der Waals surface area contributed by atoms with Gasteiger partial charge in [-0.15, -0.1) is 0 Å². The molecule has 0 aliphatic rings. The molecule has 6 heteroatoms. The number of benzene rings is 1. The normalized spacial score (nSPS) is 14.1. The first-order chi connectivity index (χ1) is 9.79. The smallest absolute Gasteiger partial charge is 0.387 e. The topological polar surface area (TPSA) is 64.4 Å². The number of ether oxygens (including phenoxy) is 1. The molecule has 1 rings (SSSR count). The summed E-state index contributed by atoms with van der Waals surface area (Å²) in [4.78, 5) is 11.9. The third-order valence-electron chi connectivity index (χ3n) is 3.24. The third-order valence-corrected chi connectivity index (χ3v) is 3.24. The molecule has 1 aromatic carbocycles. The predicted molar refractivity (Wildman–Crippen MR) is 77.1 cm³/mol. The van der Waals surface area contributed by atoms with Gasteiger partial charge in [-0.05, 0) is 30.5 Å². The summed E-state index contributed by atoms with van der Waals surface area (Å²) in [6, 6.07) is 5.77. The molecular formula is C15H22F2N2O2. The Kier molecular flexibility index (Phi) is 6.55. The van der Waals surface area contributed by atoms with Crippen molar-refractivity contribution in [3.63, 3.8) is 0 Å². The Hall–Kier alpha value is -1.69. The lowest BCUT2D eigenvalue weighted by molar-refractivity contribution is -0.122. The van der Waals surface area contributed by atoms with Crippen molar-refractivity contribution in [2.75, 3.05) is 0 Å². The summed E-state index contributed by atoms with van der Waals surface area (Å²) in [5.41, 5.74) is 6.54. The Balaban J connectivity index is 2.62. The first-order valence-electron chi connectivity index (χ1n) is 6.89. The van der Waals surface area contributed by atoms with Crippen LogP contribution in [0.3, 0.4) is 0 Å². The maximum Gasteiger partial charge on any atom is 0.387 e. The minimum Gasteiger partial charge on any atom is -0.435 e. The third kappa shape index (κ3) is 6.08. The molecule has 21 heavy (non-hydrogen) atoms. The lowest BCUT2D eigenvalue weighted by Gasteiger charge is -2.19. The monoisotopic (exact) mass is 300 g/mol. The second-order valence-electron chi connectivity index (χ2n) is 5.35. The first kappa shape index (κ1) is 17.4. The van der Waals surface area contributed by atoms with Crippen molar-refractivity contribution < 1.29 is 18.3 Å². The van der Waals surface area contributed by atoms with Crippen LogP contribution in [0.5, 0.6) is 5.75 Å². The summed E-state index contributed by atoms with van der Waals surface area (Å²) in [7, 11) is 0. The molecule has 0 saturated heterocycles. The Morgan fingerprint density at radius 1 is 1.33 bits per heavy atom. The Morgan fingerprint density at radius 3 is 2.57 bits per heavy atom. The van der Waals surface area contributed by atoms with Crippen molar-refractivity contribution in [2.24, 2.45) is 11.7 Å². The van der Waals surface area contributed by atoms with Crippen LogP contribution < -0.4 is 15.8 Å². The van der Waals surface area contributed by atoms with E-state index in [9.17, 15) is 13.6 Å². The highest BCUT2D eigenvalue weighted by Crippen LogP contribution is 2.20. The number of carbonyl (C=O) groups excluding carboxylic acids is 1. The van der Waals surface area contributed by atoms with Crippen molar-refractivity contribution in [3.05, 3.63) is 29.8 Å². The molecule has 0 fully saturated rings. The fourth-order valence-electron chi connectivity index (χ4n) is 1.79. The summed E-state index contributed by atoms with van der Waals surface area (Å²) < 4.78 is 28.7. The summed E-state index contributed by atoms with van der Waals surface area (Å²) in [5, 5.41) is 2.80. The number of halogens is 2. The molecule has 1 aromatic rings. The number of nitrogens with two attached hydrogens (primary N) is 1. The quantitative estimate of drug-likeness (QED) is 0.814. The number of nitrogens with one attached hydrogen (secondary N) is 1. The van der Waals surface area contributed by atoms with E-state index < -0.39 is 6.61 Å². The number of rotatable bonds is 7. The molecule has 2 atom stereocenters. The zero-order valence-corrected chi connectivity index (χ0v) is 12.5. The zero-order valence-electron chi connectivity index (χ0n) is 12.5. The molecule has 3 N–H and O–H groups in total. The molecule has 0 bridgehead atoms. The van der Waals surface area contributed by atoms with E-state index in [0.717, 1.165) is 0 Å². The number of amides is 1. The van der Waals surface area contributed by atoms with Crippen molar-refractivity contribution in [2.45, 2.75) is 45.9 Å². The van der Waals surface area contributed by atoms with Gasteiger partial charge in [0, 0.05) is 12.5 Å². The van der Waals surface area contributed by atoms with Crippen LogP contribution in [-0.4, -0.2) is 18.6 Å². The average molecular weight is 300 g/mol. The molecule has 4 nitrogen and oxygen atoms in total. The highest BCUT2D eigenvalue weighted by molar-refractivity contribution is 5.77. The Bertz CT molecular complexity index is 467. The molecule has 0 aromatic heterocycles. The van der Waals surface area contributed by atoms with E-state index >= 15 is 0 Å². The summed E-state index contributed by atoms with van der Waals surface area (Å²) in [6.07, 6.45) is 0.231. The predicted octanol–water partition coefficient (Wildman–Crippen LogP) is 2.84. The van der Waals surface area contributed by atoms with Gasteiger partial charge in [-0.25, -0.2) is 0 Å². The molecule has 0 saturated carbocycles. The fraction of sp³-hybridized carbons (Fsp3) is 0.533. The Morgan fingerprint density at radius 2 is 2.00 bits per heavy atom. The fourth-order valence-corrected chi connectivity index (χ4v) is 1.79. The van der Waals surface area contributed by atoms with Crippen LogP contribution in [0.4, 0.5) is 8.78 Å². The van der Waals surface area contributed by atoms with Gasteiger partial charge in [0.05, 0.1) is 6.04 Å². The highest BCUT2D eigenvalue weighted by atomic mass is 19.3. The Labute approximate surface area is 123 Å². The SMILES string of the molecule is CC(NC(=O)CC(N)C(C)C)c1cccc(OC(F)F)c1. The minimum atomic E-state index is -2.87. The van der Waals surface area contributed by atoms with Crippen LogP contribution >= 0.6 is 0 Å². The van der Waals surface area contributed by atoms with Gasteiger partial charge < -0.3 is 15.8 Å². The minimum absolute atomic E-state index is 0.0717. The van der Waals surface area contributed by atoms with E-state index in [0.29, 0.717) is 5.56 Å². The van der Waals surface area contributed by atoms with Gasteiger partial charge in [-0.2, -0.15) is 8.78 Å². The van der Waals surface area contributed by atoms with Crippen molar-refractivity contribution in [1.29, 1.82) is 0 Å². The highest BCUT2D eigenvalue weighted by Gasteiger charge is 2.16. The van der Waals surface area contributed by atoms with Crippen LogP contribution in [0.2, 0.25) is 0 Å². The van der Waals surface area contributed by atoms with E-state index in [1.54, 1.807) is 19.1 Å². The van der Waals surface area contributed by atoms with Gasteiger partial charge in [0.25, 0.3) is 0 Å². The van der Waals surface area contributed by atoms with E-state index in [-0.39, 0.29) is 36.1 Å². The standard InChI is InChI=1S/C15H22F2N2O2/c1-9(2)13(18)8-14(20)19-10(3)11-5-4-6-12(7-11)21-15(16)17/h4-7,9-10,13,15H,8,18H2,1-3H3,(H,19,20). The van der Waals surface area contributed by atoms with Crippen LogP contribution in [0.25, 0.3) is 0 Å². The molecule has 0 spiro atoms. The first-order valence-corrected chi connectivity index (χ1v) is 6.89. The molecule has 0 aliphatic heterocycles. The van der Waals surface area contributed by atoms with Crippen LogP contribution in [0.1, 0.15) is 38.8 Å². The maximum absolute atomic E-state index is 12.2. The molecule has 0 aliphatic carbocycles. The molecular weight excluding hydrogens is 278 g/mol. The van der Waals surface area contributed by atoms with Gasteiger partial charge in [-0.3, -0.25) is 4.79 Å². The van der Waals surface area contributed by atoms with Crippen LogP contribution in [-0.2, 0) is 4.79 Å². The molecule has 1 amide bonds. The second-order valence-corrected chi connectivity index (χ2v) is 5.35. The maximum atomic E-state index is 12.2. The summed E-state index contributed by atoms with van der Waals surface area (Å²) in [6.45, 7) is 2.81. The second kappa shape index (κ2) is 7.93. The average Bonchev–Trinajstić information content (AvgIpc) is 2.37. The van der Waals surface area contributed by atoms with Crippen LogP contribution in [0.15, 0.2) is 24.3 Å². The summed E-state index contributed by atoms with van der Waals surface area (Å²) in [5.74, 6) is 0.125.